The zero-order valence-corrected chi connectivity index (χ0v) is 13.4. The first kappa shape index (κ1) is 16.2. The summed E-state index contributed by atoms with van der Waals surface area (Å²) in [4.78, 5) is 12.2. The molecule has 0 saturated heterocycles. The van der Waals surface area contributed by atoms with E-state index in [1.807, 2.05) is 13.8 Å². The molecule has 0 aliphatic heterocycles. The van der Waals surface area contributed by atoms with E-state index in [9.17, 15) is 13.2 Å². The molecule has 2 aromatic rings. The van der Waals surface area contributed by atoms with Gasteiger partial charge in [0.25, 0.3) is 5.91 Å². The molecule has 1 unspecified atom stereocenters. The topological polar surface area (TPSA) is 107 Å². The summed E-state index contributed by atoms with van der Waals surface area (Å²) >= 11 is 0. The Bertz CT molecular complexity index is 794. The SMILES string of the molecule is Cc1cc(C(=O)NC(C)c2ccc(S(N)(=O)=O)cc2)n(C)n1. The Morgan fingerprint density at radius 1 is 1.32 bits per heavy atom. The molecule has 0 radical (unpaired) electrons. The molecule has 0 fully saturated rings. The molecule has 0 aliphatic carbocycles. The van der Waals surface area contributed by atoms with E-state index in [4.69, 9.17) is 5.14 Å². The summed E-state index contributed by atoms with van der Waals surface area (Å²) in [6.07, 6.45) is 0. The average molecular weight is 322 g/mol. The molecule has 1 atom stereocenters. The molecule has 1 aromatic carbocycles. The molecule has 0 aliphatic rings. The molecule has 0 bridgehead atoms. The van der Waals surface area contributed by atoms with Crippen LogP contribution < -0.4 is 10.5 Å². The van der Waals surface area contributed by atoms with E-state index in [0.717, 1.165) is 11.3 Å². The molecule has 22 heavy (non-hydrogen) atoms. The van der Waals surface area contributed by atoms with Gasteiger partial charge in [-0.05, 0) is 37.6 Å². The lowest BCUT2D eigenvalue weighted by atomic mass is 10.1. The van der Waals surface area contributed by atoms with Crippen LogP contribution >= 0.6 is 0 Å². The fourth-order valence-corrected chi connectivity index (χ4v) is 2.64. The van der Waals surface area contributed by atoms with Crippen LogP contribution in [0.5, 0.6) is 0 Å². The lowest BCUT2D eigenvalue weighted by Crippen LogP contribution is -2.28. The Hall–Kier alpha value is -2.19. The molecular formula is C14H18N4O3S. The minimum Gasteiger partial charge on any atom is -0.344 e. The number of nitrogens with zero attached hydrogens (tertiary/aromatic N) is 2. The molecule has 8 heteroatoms. The molecule has 2 rings (SSSR count). The lowest BCUT2D eigenvalue weighted by molar-refractivity contribution is 0.0930. The maximum Gasteiger partial charge on any atom is 0.270 e. The van der Waals surface area contributed by atoms with Gasteiger partial charge in [-0.2, -0.15) is 5.10 Å². The highest BCUT2D eigenvalue weighted by Gasteiger charge is 2.16. The molecule has 0 saturated carbocycles. The van der Waals surface area contributed by atoms with Crippen LogP contribution in [-0.2, 0) is 17.1 Å². The van der Waals surface area contributed by atoms with Crippen LogP contribution in [0.25, 0.3) is 0 Å². The van der Waals surface area contributed by atoms with Crippen molar-refractivity contribution >= 4 is 15.9 Å². The Kier molecular flexibility index (Phi) is 4.34. The van der Waals surface area contributed by atoms with Gasteiger partial charge in [0, 0.05) is 7.05 Å². The number of aromatic nitrogens is 2. The first-order valence-corrected chi connectivity index (χ1v) is 8.17. The number of sulfonamides is 1. The van der Waals surface area contributed by atoms with Crippen molar-refractivity contribution in [2.75, 3.05) is 0 Å². The Morgan fingerprint density at radius 3 is 2.36 bits per heavy atom. The van der Waals surface area contributed by atoms with Gasteiger partial charge in [0.1, 0.15) is 5.69 Å². The Labute approximate surface area is 129 Å². The van der Waals surface area contributed by atoms with Crippen molar-refractivity contribution in [1.29, 1.82) is 0 Å². The summed E-state index contributed by atoms with van der Waals surface area (Å²) in [6, 6.07) is 7.50. The van der Waals surface area contributed by atoms with Gasteiger partial charge in [-0.25, -0.2) is 13.6 Å². The van der Waals surface area contributed by atoms with Crippen LogP contribution in [0.3, 0.4) is 0 Å². The van der Waals surface area contributed by atoms with Crippen molar-refractivity contribution in [3.63, 3.8) is 0 Å². The van der Waals surface area contributed by atoms with Gasteiger partial charge < -0.3 is 5.32 Å². The number of nitrogens with one attached hydrogen (secondary N) is 1. The summed E-state index contributed by atoms with van der Waals surface area (Å²) < 4.78 is 23.9. The van der Waals surface area contributed by atoms with Gasteiger partial charge in [0.05, 0.1) is 16.6 Å². The van der Waals surface area contributed by atoms with Gasteiger partial charge in [0.2, 0.25) is 10.0 Å². The summed E-state index contributed by atoms with van der Waals surface area (Å²) in [5, 5.41) is 12.0. The number of nitrogens with two attached hydrogens (primary N) is 1. The smallest absolute Gasteiger partial charge is 0.270 e. The minimum atomic E-state index is -3.71. The van der Waals surface area contributed by atoms with Crippen LogP contribution in [0, 0.1) is 6.92 Å². The van der Waals surface area contributed by atoms with Crippen LogP contribution in [-0.4, -0.2) is 24.1 Å². The summed E-state index contributed by atoms with van der Waals surface area (Å²) in [6.45, 7) is 3.62. The van der Waals surface area contributed by atoms with E-state index in [-0.39, 0.29) is 16.8 Å². The van der Waals surface area contributed by atoms with Crippen LogP contribution in [0.2, 0.25) is 0 Å². The van der Waals surface area contributed by atoms with E-state index in [2.05, 4.69) is 10.4 Å². The van der Waals surface area contributed by atoms with Gasteiger partial charge in [-0.15, -0.1) is 0 Å². The molecule has 118 valence electrons. The molecule has 1 aromatic heterocycles. The first-order chi connectivity index (χ1) is 10.2. The second kappa shape index (κ2) is 5.90. The average Bonchev–Trinajstić information content (AvgIpc) is 2.77. The molecule has 7 nitrogen and oxygen atoms in total. The van der Waals surface area contributed by atoms with Crippen molar-refractivity contribution in [2.24, 2.45) is 12.2 Å². The fourth-order valence-electron chi connectivity index (χ4n) is 2.12. The van der Waals surface area contributed by atoms with Crippen molar-refractivity contribution in [2.45, 2.75) is 24.8 Å². The van der Waals surface area contributed by atoms with Gasteiger partial charge in [-0.3, -0.25) is 9.48 Å². The van der Waals surface area contributed by atoms with Gasteiger partial charge in [0.15, 0.2) is 0 Å². The number of primary sulfonamides is 1. The predicted molar refractivity (Wildman–Crippen MR) is 81.6 cm³/mol. The highest BCUT2D eigenvalue weighted by Crippen LogP contribution is 2.16. The zero-order valence-electron chi connectivity index (χ0n) is 12.6. The second-order valence-electron chi connectivity index (χ2n) is 5.10. The molecule has 1 heterocycles. The predicted octanol–water partition coefficient (Wildman–Crippen LogP) is 0.867. The van der Waals surface area contributed by atoms with Crippen molar-refractivity contribution < 1.29 is 13.2 Å². The quantitative estimate of drug-likeness (QED) is 0.870. The third-order valence-electron chi connectivity index (χ3n) is 3.29. The Morgan fingerprint density at radius 2 is 1.91 bits per heavy atom. The first-order valence-electron chi connectivity index (χ1n) is 6.63. The summed E-state index contributed by atoms with van der Waals surface area (Å²) in [5.74, 6) is -0.244. The largest absolute Gasteiger partial charge is 0.344 e. The molecule has 1 amide bonds. The maximum atomic E-state index is 12.2. The van der Waals surface area contributed by atoms with Crippen LogP contribution in [0.1, 0.15) is 34.7 Å². The standard InChI is InChI=1S/C14H18N4O3S/c1-9-8-13(18(3)17-9)14(19)16-10(2)11-4-6-12(7-5-11)22(15,20)21/h4-8,10H,1-3H3,(H,16,19)(H2,15,20,21). The number of aryl methyl sites for hydroxylation is 2. The van der Waals surface area contributed by atoms with Crippen molar-refractivity contribution in [3.05, 3.63) is 47.3 Å². The van der Waals surface area contributed by atoms with E-state index in [0.29, 0.717) is 5.69 Å². The maximum absolute atomic E-state index is 12.2. The monoisotopic (exact) mass is 322 g/mol. The normalized spacial score (nSPS) is 12.9. The van der Waals surface area contributed by atoms with E-state index in [1.165, 1.54) is 16.8 Å². The molecule has 3 N–H and O–H groups in total. The summed E-state index contributed by atoms with van der Waals surface area (Å²) in [5.41, 5.74) is 2.00. The van der Waals surface area contributed by atoms with Crippen molar-refractivity contribution in [3.8, 4) is 0 Å². The molecular weight excluding hydrogens is 304 g/mol. The number of carbonyl (C=O) groups excluding carboxylic acids is 1. The number of carbonyl (C=O) groups is 1. The van der Waals surface area contributed by atoms with E-state index >= 15 is 0 Å². The lowest BCUT2D eigenvalue weighted by Gasteiger charge is -2.14. The number of hydrogen-bond acceptors (Lipinski definition) is 4. The van der Waals surface area contributed by atoms with E-state index in [1.54, 1.807) is 25.2 Å². The van der Waals surface area contributed by atoms with Gasteiger partial charge >= 0.3 is 0 Å². The highest BCUT2D eigenvalue weighted by molar-refractivity contribution is 7.89. The number of benzene rings is 1. The summed E-state index contributed by atoms with van der Waals surface area (Å²) in [7, 11) is -2.01. The third kappa shape index (κ3) is 3.52. The minimum absolute atomic E-state index is 0.0389. The third-order valence-corrected chi connectivity index (χ3v) is 4.22. The number of rotatable bonds is 4. The molecule has 0 spiro atoms. The fraction of sp³-hybridized carbons (Fsp3) is 0.286. The number of hydrogen-bond donors (Lipinski definition) is 2. The second-order valence-corrected chi connectivity index (χ2v) is 6.67. The zero-order chi connectivity index (χ0) is 16.5. The van der Waals surface area contributed by atoms with E-state index < -0.39 is 10.0 Å². The van der Waals surface area contributed by atoms with Crippen molar-refractivity contribution in [1.82, 2.24) is 15.1 Å². The number of amides is 1. The highest BCUT2D eigenvalue weighted by atomic mass is 32.2. The van der Waals surface area contributed by atoms with Crippen LogP contribution in [0.4, 0.5) is 0 Å². The van der Waals surface area contributed by atoms with Gasteiger partial charge in [-0.1, -0.05) is 12.1 Å². The Balaban J connectivity index is 2.14. The van der Waals surface area contributed by atoms with Crippen LogP contribution in [0.15, 0.2) is 35.2 Å².